The molecule has 0 fully saturated rings. The fourth-order valence-electron chi connectivity index (χ4n) is 1.24. The Kier molecular flexibility index (Phi) is 4.26. The van der Waals surface area contributed by atoms with Gasteiger partial charge in [-0.15, -0.1) is 0 Å². The molecular formula is C10H11BrO4. The predicted octanol–water partition coefficient (Wildman–Crippen LogP) is 1.17. The van der Waals surface area contributed by atoms with Crippen molar-refractivity contribution in [2.24, 2.45) is 0 Å². The number of aliphatic hydroxyl groups is 2. The molecule has 0 saturated carbocycles. The van der Waals surface area contributed by atoms with Gasteiger partial charge in [-0.25, -0.2) is 4.79 Å². The van der Waals surface area contributed by atoms with Gasteiger partial charge in [0.2, 0.25) is 0 Å². The fraction of sp³-hybridized carbons (Fsp3) is 0.300. The van der Waals surface area contributed by atoms with Gasteiger partial charge in [0.1, 0.15) is 6.10 Å². The van der Waals surface area contributed by atoms with Gasteiger partial charge in [0.05, 0.1) is 11.7 Å². The van der Waals surface area contributed by atoms with E-state index < -0.39 is 18.2 Å². The molecular weight excluding hydrogens is 264 g/mol. The Hall–Kier alpha value is -0.910. The summed E-state index contributed by atoms with van der Waals surface area (Å²) < 4.78 is 0. The smallest absolute Gasteiger partial charge is 0.336 e. The van der Waals surface area contributed by atoms with E-state index in [1.807, 2.05) is 0 Å². The second kappa shape index (κ2) is 5.25. The van der Waals surface area contributed by atoms with Gasteiger partial charge in [0.25, 0.3) is 0 Å². The Bertz CT molecular complexity index is 353. The molecule has 15 heavy (non-hydrogen) atoms. The summed E-state index contributed by atoms with van der Waals surface area (Å²) in [5.41, 5.74) is 0.224. The number of carbonyl (C=O) groups is 1. The third-order valence-electron chi connectivity index (χ3n) is 2.03. The fourth-order valence-corrected chi connectivity index (χ4v) is 1.60. The highest BCUT2D eigenvalue weighted by molar-refractivity contribution is 9.09. The summed E-state index contributed by atoms with van der Waals surface area (Å²) >= 11 is 3.02. The molecule has 3 N–H and O–H groups in total. The minimum absolute atomic E-state index is 0.00463. The largest absolute Gasteiger partial charge is 0.478 e. The molecule has 0 bridgehead atoms. The summed E-state index contributed by atoms with van der Waals surface area (Å²) in [6.07, 6.45) is -2.22. The van der Waals surface area contributed by atoms with Gasteiger partial charge in [-0.3, -0.25) is 0 Å². The summed E-state index contributed by atoms with van der Waals surface area (Å²) in [7, 11) is 0. The lowest BCUT2D eigenvalue weighted by Gasteiger charge is -2.17. The number of hydrogen-bond donors (Lipinski definition) is 3. The van der Waals surface area contributed by atoms with Gasteiger partial charge in [0.15, 0.2) is 0 Å². The van der Waals surface area contributed by atoms with E-state index in [9.17, 15) is 15.0 Å². The molecule has 1 rings (SSSR count). The van der Waals surface area contributed by atoms with E-state index in [1.54, 1.807) is 12.1 Å². The molecule has 0 aromatic heterocycles. The van der Waals surface area contributed by atoms with Crippen LogP contribution in [0.15, 0.2) is 24.3 Å². The zero-order valence-corrected chi connectivity index (χ0v) is 9.39. The number of aliphatic hydroxyl groups excluding tert-OH is 2. The van der Waals surface area contributed by atoms with Crippen molar-refractivity contribution in [3.63, 3.8) is 0 Å². The summed E-state index contributed by atoms with van der Waals surface area (Å²) in [5, 5.41) is 28.1. The normalized spacial score (nSPS) is 14.6. The molecule has 0 spiro atoms. The van der Waals surface area contributed by atoms with Crippen molar-refractivity contribution < 1.29 is 20.1 Å². The predicted molar refractivity (Wildman–Crippen MR) is 58.2 cm³/mol. The topological polar surface area (TPSA) is 77.8 Å². The van der Waals surface area contributed by atoms with E-state index in [0.717, 1.165) is 0 Å². The van der Waals surface area contributed by atoms with E-state index in [2.05, 4.69) is 15.9 Å². The van der Waals surface area contributed by atoms with Crippen LogP contribution in [0.2, 0.25) is 0 Å². The minimum Gasteiger partial charge on any atom is -0.478 e. The van der Waals surface area contributed by atoms with Crippen LogP contribution in [-0.4, -0.2) is 32.7 Å². The van der Waals surface area contributed by atoms with Crippen LogP contribution in [0.3, 0.4) is 0 Å². The molecule has 4 nitrogen and oxygen atoms in total. The second-order valence-corrected chi connectivity index (χ2v) is 3.71. The van der Waals surface area contributed by atoms with Crippen molar-refractivity contribution in [3.05, 3.63) is 35.4 Å². The summed E-state index contributed by atoms with van der Waals surface area (Å²) in [5.74, 6) is -1.12. The van der Waals surface area contributed by atoms with Crippen molar-refractivity contribution in [2.75, 3.05) is 5.33 Å². The van der Waals surface area contributed by atoms with Crippen LogP contribution in [-0.2, 0) is 0 Å². The molecule has 0 amide bonds. The zero-order chi connectivity index (χ0) is 11.4. The maximum absolute atomic E-state index is 10.8. The second-order valence-electron chi connectivity index (χ2n) is 3.06. The summed E-state index contributed by atoms with van der Waals surface area (Å²) in [6, 6.07) is 6.06. The van der Waals surface area contributed by atoms with Crippen LogP contribution in [0, 0.1) is 0 Å². The number of alkyl halides is 1. The van der Waals surface area contributed by atoms with Gasteiger partial charge in [-0.2, -0.15) is 0 Å². The third-order valence-corrected chi connectivity index (χ3v) is 2.70. The molecule has 2 atom stereocenters. The first-order valence-electron chi connectivity index (χ1n) is 4.32. The van der Waals surface area contributed by atoms with Gasteiger partial charge in [-0.05, 0) is 11.6 Å². The molecule has 82 valence electrons. The van der Waals surface area contributed by atoms with Gasteiger partial charge in [-0.1, -0.05) is 34.1 Å². The first-order chi connectivity index (χ1) is 7.07. The third kappa shape index (κ3) is 2.77. The minimum atomic E-state index is -1.20. The van der Waals surface area contributed by atoms with Crippen molar-refractivity contribution in [1.82, 2.24) is 0 Å². The molecule has 0 aliphatic carbocycles. The number of carboxylic acid groups (broad SMARTS) is 1. The number of benzene rings is 1. The van der Waals surface area contributed by atoms with E-state index in [-0.39, 0.29) is 16.5 Å². The van der Waals surface area contributed by atoms with Crippen molar-refractivity contribution in [2.45, 2.75) is 12.2 Å². The molecule has 0 heterocycles. The highest BCUT2D eigenvalue weighted by atomic mass is 79.9. The van der Waals surface area contributed by atoms with E-state index in [4.69, 9.17) is 5.11 Å². The van der Waals surface area contributed by atoms with Crippen LogP contribution in [0.4, 0.5) is 0 Å². The average molecular weight is 275 g/mol. The lowest BCUT2D eigenvalue weighted by molar-refractivity contribution is 0.0328. The standard InChI is InChI=1S/C10H11BrO4/c11-5-8(12)9(13)6-3-1-2-4-7(6)10(14)15/h1-4,8-9,12-13H,5H2,(H,14,15). The van der Waals surface area contributed by atoms with Crippen LogP contribution in [0.1, 0.15) is 22.0 Å². The van der Waals surface area contributed by atoms with Gasteiger partial charge < -0.3 is 15.3 Å². The van der Waals surface area contributed by atoms with Crippen molar-refractivity contribution in [1.29, 1.82) is 0 Å². The van der Waals surface area contributed by atoms with E-state index >= 15 is 0 Å². The Balaban J connectivity index is 3.07. The quantitative estimate of drug-likeness (QED) is 0.721. The van der Waals surface area contributed by atoms with Gasteiger partial charge >= 0.3 is 5.97 Å². The monoisotopic (exact) mass is 274 g/mol. The summed E-state index contributed by atoms with van der Waals surface area (Å²) in [4.78, 5) is 10.8. The maximum Gasteiger partial charge on any atom is 0.336 e. The first-order valence-corrected chi connectivity index (χ1v) is 5.44. The number of hydrogen-bond acceptors (Lipinski definition) is 3. The molecule has 0 aliphatic heterocycles. The summed E-state index contributed by atoms with van der Waals surface area (Å²) in [6.45, 7) is 0. The van der Waals surface area contributed by atoms with E-state index in [0.29, 0.717) is 0 Å². The highest BCUT2D eigenvalue weighted by Gasteiger charge is 2.22. The van der Waals surface area contributed by atoms with Gasteiger partial charge in [0, 0.05) is 5.33 Å². The Morgan fingerprint density at radius 2 is 1.93 bits per heavy atom. The first kappa shape index (κ1) is 12.2. The van der Waals surface area contributed by atoms with Crippen LogP contribution < -0.4 is 0 Å². The maximum atomic E-state index is 10.8. The molecule has 1 aromatic rings. The van der Waals surface area contributed by atoms with E-state index in [1.165, 1.54) is 12.1 Å². The Labute approximate surface area is 95.3 Å². The zero-order valence-electron chi connectivity index (χ0n) is 7.80. The van der Waals surface area contributed by atoms with Crippen molar-refractivity contribution >= 4 is 21.9 Å². The Morgan fingerprint density at radius 3 is 2.47 bits per heavy atom. The molecule has 5 heteroatoms. The van der Waals surface area contributed by atoms with Crippen LogP contribution >= 0.6 is 15.9 Å². The number of rotatable bonds is 4. The number of carboxylic acids is 1. The highest BCUT2D eigenvalue weighted by Crippen LogP contribution is 2.22. The molecule has 0 saturated heterocycles. The molecule has 0 aliphatic rings. The Morgan fingerprint density at radius 1 is 1.33 bits per heavy atom. The lowest BCUT2D eigenvalue weighted by atomic mass is 9.99. The SMILES string of the molecule is O=C(O)c1ccccc1C(O)C(O)CBr. The number of aromatic carboxylic acids is 1. The van der Waals surface area contributed by atoms with Crippen LogP contribution in [0.25, 0.3) is 0 Å². The number of halogens is 1. The molecule has 1 aromatic carbocycles. The molecule has 2 unspecified atom stereocenters. The molecule has 0 radical (unpaired) electrons. The van der Waals surface area contributed by atoms with Crippen LogP contribution in [0.5, 0.6) is 0 Å². The lowest BCUT2D eigenvalue weighted by Crippen LogP contribution is -2.21. The average Bonchev–Trinajstić information content (AvgIpc) is 2.27. The van der Waals surface area contributed by atoms with Crippen molar-refractivity contribution in [3.8, 4) is 0 Å².